The summed E-state index contributed by atoms with van der Waals surface area (Å²) in [7, 11) is 1.50. The highest BCUT2D eigenvalue weighted by Gasteiger charge is 2.39. The lowest BCUT2D eigenvalue weighted by Crippen LogP contribution is -2.44. The number of fused-ring (bicyclic) bond motifs is 2. The molecule has 2 aromatic rings. The quantitative estimate of drug-likeness (QED) is 0.389. The summed E-state index contributed by atoms with van der Waals surface area (Å²) in [6.07, 6.45) is 7.63. The number of anilines is 2. The molecule has 2 aliphatic rings. The second-order valence-corrected chi connectivity index (χ2v) is 8.31. The highest BCUT2D eigenvalue weighted by atomic mass is 35.5. The van der Waals surface area contributed by atoms with Crippen LogP contribution in [0.2, 0.25) is 5.02 Å². The van der Waals surface area contributed by atoms with Gasteiger partial charge in [0.2, 0.25) is 0 Å². The zero-order valence-electron chi connectivity index (χ0n) is 16.8. The Morgan fingerprint density at radius 1 is 1.23 bits per heavy atom. The van der Waals surface area contributed by atoms with Crippen LogP contribution in [0.15, 0.2) is 48.7 Å². The Kier molecular flexibility index (Phi) is 5.86. The number of benzene rings is 2. The van der Waals surface area contributed by atoms with Gasteiger partial charge in [-0.1, -0.05) is 11.6 Å². The first-order valence-corrected chi connectivity index (χ1v) is 10.5. The molecular weight excluding hydrogens is 405 g/mol. The van der Waals surface area contributed by atoms with Gasteiger partial charge in [0, 0.05) is 47.3 Å². The first-order valence-electron chi connectivity index (χ1n) is 10.1. The van der Waals surface area contributed by atoms with Crippen molar-refractivity contribution in [1.82, 2.24) is 4.90 Å². The van der Waals surface area contributed by atoms with E-state index in [-0.39, 0.29) is 11.6 Å². The topological polar surface area (TPSA) is 67.6 Å². The fourth-order valence-electron chi connectivity index (χ4n) is 4.54. The van der Waals surface area contributed by atoms with Crippen molar-refractivity contribution in [2.75, 3.05) is 18.2 Å². The van der Waals surface area contributed by atoms with Crippen molar-refractivity contribution >= 4 is 28.8 Å². The van der Waals surface area contributed by atoms with Crippen LogP contribution in [-0.2, 0) is 0 Å². The first kappa shape index (κ1) is 20.5. The lowest BCUT2D eigenvalue weighted by Gasteiger charge is -2.39. The maximum atomic E-state index is 13.1. The van der Waals surface area contributed by atoms with Crippen LogP contribution in [0.4, 0.5) is 15.8 Å². The molecule has 2 aliphatic heterocycles. The Labute approximate surface area is 180 Å². The molecule has 2 bridgehead atoms. The summed E-state index contributed by atoms with van der Waals surface area (Å²) in [4.78, 5) is 15.0. The van der Waals surface area contributed by atoms with Crippen molar-refractivity contribution in [1.29, 1.82) is 0 Å². The van der Waals surface area contributed by atoms with Crippen LogP contribution in [-0.4, -0.2) is 35.9 Å². The molecule has 0 amide bonds. The molecule has 2 fully saturated rings. The van der Waals surface area contributed by atoms with E-state index in [4.69, 9.17) is 22.1 Å². The lowest BCUT2D eigenvalue weighted by atomic mass is 9.97. The average Bonchev–Trinajstić information content (AvgIpc) is 2.96. The van der Waals surface area contributed by atoms with Crippen LogP contribution >= 0.6 is 11.6 Å². The number of methoxy groups -OCH3 is 1. The molecule has 1 unspecified atom stereocenters. The predicted molar refractivity (Wildman–Crippen MR) is 118 cm³/mol. The number of nitrogens with two attached hydrogens (primary N) is 1. The molecule has 4 rings (SSSR count). The molecule has 5 nitrogen and oxygen atoms in total. The Hall–Kier alpha value is -2.73. The lowest BCUT2D eigenvalue weighted by molar-refractivity contribution is 0.104. The second-order valence-electron chi connectivity index (χ2n) is 7.91. The van der Waals surface area contributed by atoms with Crippen LogP contribution in [0.5, 0.6) is 5.75 Å². The SMILES string of the molecule is COc1cc(C(=O)/C=C/N2[C@@H]3CC[C@H]2CC(Nc2ccc(F)cc2)C3)c(N)cc1Cl. The summed E-state index contributed by atoms with van der Waals surface area (Å²) in [5.74, 6) is 0.0213. The number of nitrogen functional groups attached to an aromatic ring is 1. The highest BCUT2D eigenvalue weighted by molar-refractivity contribution is 6.32. The van der Waals surface area contributed by atoms with Gasteiger partial charge in [-0.3, -0.25) is 4.79 Å². The molecule has 3 atom stereocenters. The molecule has 0 aromatic heterocycles. The van der Waals surface area contributed by atoms with Gasteiger partial charge in [-0.25, -0.2) is 4.39 Å². The van der Waals surface area contributed by atoms with Crippen LogP contribution in [0, 0.1) is 5.82 Å². The maximum absolute atomic E-state index is 13.1. The third-order valence-corrected chi connectivity index (χ3v) is 6.29. The molecule has 3 N–H and O–H groups in total. The molecule has 2 saturated heterocycles. The van der Waals surface area contributed by atoms with Crippen molar-refractivity contribution in [3.63, 3.8) is 0 Å². The van der Waals surface area contributed by atoms with E-state index in [1.54, 1.807) is 24.3 Å². The van der Waals surface area contributed by atoms with Crippen molar-refractivity contribution in [3.05, 3.63) is 65.1 Å². The first-order chi connectivity index (χ1) is 14.4. The minimum absolute atomic E-state index is 0.173. The predicted octanol–water partition coefficient (Wildman–Crippen LogP) is 4.87. The molecule has 158 valence electrons. The third-order valence-electron chi connectivity index (χ3n) is 5.99. The molecule has 2 aromatic carbocycles. The van der Waals surface area contributed by atoms with Crippen molar-refractivity contribution < 1.29 is 13.9 Å². The van der Waals surface area contributed by atoms with E-state index in [1.165, 1.54) is 25.3 Å². The number of hydrogen-bond acceptors (Lipinski definition) is 5. The number of rotatable bonds is 6. The van der Waals surface area contributed by atoms with E-state index < -0.39 is 0 Å². The number of halogens is 2. The van der Waals surface area contributed by atoms with Crippen LogP contribution < -0.4 is 15.8 Å². The normalized spacial score (nSPS) is 23.0. The van der Waals surface area contributed by atoms with Gasteiger partial charge in [-0.05, 0) is 62.1 Å². The highest BCUT2D eigenvalue weighted by Crippen LogP contribution is 2.37. The summed E-state index contributed by atoms with van der Waals surface area (Å²) >= 11 is 6.06. The Bertz CT molecular complexity index is 950. The summed E-state index contributed by atoms with van der Waals surface area (Å²) < 4.78 is 18.3. The van der Waals surface area contributed by atoms with E-state index in [9.17, 15) is 9.18 Å². The zero-order valence-corrected chi connectivity index (χ0v) is 17.5. The third kappa shape index (κ3) is 4.24. The summed E-state index contributed by atoms with van der Waals surface area (Å²) in [6.45, 7) is 0. The second kappa shape index (κ2) is 8.56. The number of piperidine rings is 1. The van der Waals surface area contributed by atoms with Gasteiger partial charge < -0.3 is 20.7 Å². The number of carbonyl (C=O) groups excluding carboxylic acids is 1. The van der Waals surface area contributed by atoms with Gasteiger partial charge in [0.15, 0.2) is 5.78 Å². The van der Waals surface area contributed by atoms with E-state index in [0.717, 1.165) is 31.4 Å². The summed E-state index contributed by atoms with van der Waals surface area (Å²) in [6, 6.07) is 10.7. The van der Waals surface area contributed by atoms with Gasteiger partial charge in [0.1, 0.15) is 11.6 Å². The molecular formula is C23H25ClFN3O2. The Morgan fingerprint density at radius 2 is 1.90 bits per heavy atom. The monoisotopic (exact) mass is 429 g/mol. The molecule has 30 heavy (non-hydrogen) atoms. The molecule has 2 heterocycles. The fraction of sp³-hybridized carbons (Fsp3) is 0.348. The van der Waals surface area contributed by atoms with Gasteiger partial charge in [-0.15, -0.1) is 0 Å². The van der Waals surface area contributed by atoms with Crippen molar-refractivity contribution in [2.24, 2.45) is 0 Å². The molecule has 0 radical (unpaired) electrons. The summed E-state index contributed by atoms with van der Waals surface area (Å²) in [5, 5.41) is 3.90. The number of nitrogens with one attached hydrogen (secondary N) is 1. The standard InChI is InChI=1S/C23H25ClFN3O2/c1-30-23-12-19(21(26)13-20(23)24)22(29)8-9-28-17-6-7-18(28)11-16(10-17)27-15-4-2-14(25)3-5-15/h2-5,8-9,12-13,16-18,27H,6-7,10-11,26H2,1H3/b9-8+/t16?,17-,18+. The minimum atomic E-state index is -0.232. The van der Waals surface area contributed by atoms with Gasteiger partial charge in [-0.2, -0.15) is 0 Å². The average molecular weight is 430 g/mol. The largest absolute Gasteiger partial charge is 0.495 e. The Balaban J connectivity index is 1.42. The van der Waals surface area contributed by atoms with Gasteiger partial charge in [0.05, 0.1) is 12.1 Å². The number of carbonyl (C=O) groups is 1. The molecule has 0 spiro atoms. The van der Waals surface area contributed by atoms with Crippen molar-refractivity contribution in [3.8, 4) is 5.75 Å². The number of nitrogens with zero attached hydrogens (tertiary/aromatic N) is 1. The summed E-state index contributed by atoms with van der Waals surface area (Å²) in [5.41, 5.74) is 7.64. The maximum Gasteiger partial charge on any atom is 0.189 e. The fourth-order valence-corrected chi connectivity index (χ4v) is 4.79. The Morgan fingerprint density at radius 3 is 2.53 bits per heavy atom. The van der Waals surface area contributed by atoms with Crippen LogP contribution in [0.25, 0.3) is 0 Å². The van der Waals surface area contributed by atoms with Crippen molar-refractivity contribution in [2.45, 2.75) is 43.8 Å². The molecule has 7 heteroatoms. The van der Waals surface area contributed by atoms with E-state index >= 15 is 0 Å². The van der Waals surface area contributed by atoms with E-state index in [0.29, 0.717) is 40.1 Å². The number of allylic oxidation sites excluding steroid dienone is 1. The smallest absolute Gasteiger partial charge is 0.189 e. The van der Waals surface area contributed by atoms with E-state index in [2.05, 4.69) is 10.2 Å². The number of ketones is 1. The van der Waals surface area contributed by atoms with Gasteiger partial charge >= 0.3 is 0 Å². The molecule has 0 aliphatic carbocycles. The molecule has 0 saturated carbocycles. The minimum Gasteiger partial charge on any atom is -0.495 e. The zero-order chi connectivity index (χ0) is 21.3. The van der Waals surface area contributed by atoms with Crippen LogP contribution in [0.1, 0.15) is 36.0 Å². The van der Waals surface area contributed by atoms with Gasteiger partial charge in [0.25, 0.3) is 0 Å². The van der Waals surface area contributed by atoms with Crippen LogP contribution in [0.3, 0.4) is 0 Å². The number of hydrogen-bond donors (Lipinski definition) is 2. The number of ether oxygens (including phenoxy) is 1. The van der Waals surface area contributed by atoms with E-state index in [1.807, 2.05) is 6.20 Å².